The molecule has 0 aliphatic rings. The first-order valence-corrected chi connectivity index (χ1v) is 7.77. The first-order valence-electron chi connectivity index (χ1n) is 7.77. The van der Waals surface area contributed by atoms with Crippen molar-refractivity contribution in [2.75, 3.05) is 33.5 Å². The Morgan fingerprint density at radius 2 is 2.10 bits per heavy atom. The van der Waals surface area contributed by atoms with E-state index in [1.165, 1.54) is 12.0 Å². The molecule has 20 heavy (non-hydrogen) atoms. The fourth-order valence-electron chi connectivity index (χ4n) is 2.21. The van der Waals surface area contributed by atoms with E-state index < -0.39 is 0 Å². The fraction of sp³-hybridized carbons (Fsp3) is 0.750. The van der Waals surface area contributed by atoms with Crippen LogP contribution in [-0.4, -0.2) is 38.0 Å². The van der Waals surface area contributed by atoms with Crippen LogP contribution in [0.1, 0.15) is 44.7 Å². The lowest BCUT2D eigenvalue weighted by molar-refractivity contribution is 0.0680. The van der Waals surface area contributed by atoms with Crippen molar-refractivity contribution in [1.82, 2.24) is 9.88 Å². The average molecular weight is 282 g/mol. The maximum Gasteiger partial charge on any atom is 0.0700 e. The zero-order valence-electron chi connectivity index (χ0n) is 13.2. The molecule has 0 aliphatic heterocycles. The van der Waals surface area contributed by atoms with Crippen molar-refractivity contribution in [2.24, 2.45) is 0 Å². The first-order chi connectivity index (χ1) is 9.81. The van der Waals surface area contributed by atoms with Crippen LogP contribution in [0.3, 0.4) is 0 Å². The molecule has 116 valence electrons. The van der Waals surface area contributed by atoms with Crippen LogP contribution >= 0.6 is 0 Å². The average Bonchev–Trinajstić information content (AvgIpc) is 2.92. The quantitative estimate of drug-likeness (QED) is 0.599. The number of hydrogen-bond acceptors (Lipinski definition) is 3. The predicted octanol–water partition coefficient (Wildman–Crippen LogP) is 2.99. The summed E-state index contributed by atoms with van der Waals surface area (Å²) in [7, 11) is 1.70. The van der Waals surface area contributed by atoms with Gasteiger partial charge in [-0.15, -0.1) is 0 Å². The molecule has 0 aromatic carbocycles. The Bertz CT molecular complexity index is 339. The Labute approximate surface area is 123 Å². The molecular weight excluding hydrogens is 252 g/mol. The van der Waals surface area contributed by atoms with Crippen molar-refractivity contribution in [1.29, 1.82) is 0 Å². The number of ether oxygens (including phenoxy) is 2. The van der Waals surface area contributed by atoms with Crippen molar-refractivity contribution < 1.29 is 9.47 Å². The molecule has 0 radical (unpaired) electrons. The van der Waals surface area contributed by atoms with Gasteiger partial charge in [0.25, 0.3) is 0 Å². The van der Waals surface area contributed by atoms with Crippen LogP contribution < -0.4 is 5.32 Å². The molecule has 1 rings (SSSR count). The van der Waals surface area contributed by atoms with E-state index in [1.807, 2.05) is 0 Å². The Hall–Kier alpha value is -0.840. The molecule has 1 N–H and O–H groups in total. The number of hydrogen-bond donors (Lipinski definition) is 1. The number of nitrogens with one attached hydrogen (secondary N) is 1. The van der Waals surface area contributed by atoms with Crippen LogP contribution in [0.5, 0.6) is 0 Å². The molecule has 0 saturated carbocycles. The summed E-state index contributed by atoms with van der Waals surface area (Å²) in [4.78, 5) is 0. The fourth-order valence-corrected chi connectivity index (χ4v) is 2.21. The molecule has 1 atom stereocenters. The van der Waals surface area contributed by atoms with Crippen LogP contribution in [0.4, 0.5) is 0 Å². The van der Waals surface area contributed by atoms with Gasteiger partial charge in [-0.25, -0.2) is 0 Å². The Morgan fingerprint density at radius 1 is 1.25 bits per heavy atom. The molecule has 0 aliphatic carbocycles. The maximum atomic E-state index is 5.47. The van der Waals surface area contributed by atoms with Crippen molar-refractivity contribution in [3.63, 3.8) is 0 Å². The van der Waals surface area contributed by atoms with E-state index in [1.54, 1.807) is 7.11 Å². The number of methoxy groups -OCH3 is 1. The van der Waals surface area contributed by atoms with Gasteiger partial charge in [0, 0.05) is 38.7 Å². The third-order valence-corrected chi connectivity index (χ3v) is 3.36. The van der Waals surface area contributed by atoms with E-state index in [0.29, 0.717) is 19.3 Å². The Balaban J connectivity index is 2.27. The highest BCUT2D eigenvalue weighted by atomic mass is 16.5. The van der Waals surface area contributed by atoms with Gasteiger partial charge in [-0.2, -0.15) is 0 Å². The zero-order valence-corrected chi connectivity index (χ0v) is 13.2. The predicted molar refractivity (Wildman–Crippen MR) is 83.1 cm³/mol. The summed E-state index contributed by atoms with van der Waals surface area (Å²) in [6.07, 6.45) is 7.77. The number of aryl methyl sites for hydroxylation is 1. The number of nitrogens with zero attached hydrogens (tertiary/aromatic N) is 1. The highest BCUT2D eigenvalue weighted by Gasteiger charge is 2.09. The SMILES string of the molecule is CCCNC(CC)c1ccn(CCCOCCOC)c1. The zero-order chi connectivity index (χ0) is 14.6. The minimum atomic E-state index is 0.481. The van der Waals surface area contributed by atoms with Crippen molar-refractivity contribution in [2.45, 2.75) is 45.7 Å². The van der Waals surface area contributed by atoms with Gasteiger partial charge in [0.05, 0.1) is 13.2 Å². The molecule has 0 bridgehead atoms. The molecule has 0 fully saturated rings. The Morgan fingerprint density at radius 3 is 2.80 bits per heavy atom. The molecule has 1 unspecified atom stereocenters. The van der Waals surface area contributed by atoms with Gasteiger partial charge in [0.2, 0.25) is 0 Å². The van der Waals surface area contributed by atoms with Gasteiger partial charge in [-0.05, 0) is 37.4 Å². The van der Waals surface area contributed by atoms with Crippen LogP contribution in [0, 0.1) is 0 Å². The number of rotatable bonds is 12. The second-order valence-corrected chi connectivity index (χ2v) is 5.06. The highest BCUT2D eigenvalue weighted by Crippen LogP contribution is 2.17. The lowest BCUT2D eigenvalue weighted by atomic mass is 10.1. The molecule has 0 saturated heterocycles. The molecule has 4 nitrogen and oxygen atoms in total. The standard InChI is InChI=1S/C16H30N2O2/c1-4-8-17-16(5-2)15-7-10-18(14-15)9-6-11-20-13-12-19-3/h7,10,14,16-17H,4-6,8-9,11-13H2,1-3H3. The van der Waals surface area contributed by atoms with E-state index in [4.69, 9.17) is 9.47 Å². The van der Waals surface area contributed by atoms with E-state index in [9.17, 15) is 0 Å². The van der Waals surface area contributed by atoms with Crippen molar-refractivity contribution in [3.8, 4) is 0 Å². The van der Waals surface area contributed by atoms with Gasteiger partial charge in [-0.3, -0.25) is 0 Å². The normalized spacial score (nSPS) is 12.8. The van der Waals surface area contributed by atoms with Crippen LogP contribution in [0.15, 0.2) is 18.5 Å². The summed E-state index contributed by atoms with van der Waals surface area (Å²) in [6, 6.07) is 2.71. The van der Waals surface area contributed by atoms with Crippen LogP contribution in [0.2, 0.25) is 0 Å². The highest BCUT2D eigenvalue weighted by molar-refractivity contribution is 5.15. The molecule has 1 aromatic rings. The monoisotopic (exact) mass is 282 g/mol. The minimum absolute atomic E-state index is 0.481. The van der Waals surface area contributed by atoms with Crippen LogP contribution in [0.25, 0.3) is 0 Å². The van der Waals surface area contributed by atoms with Crippen molar-refractivity contribution >= 4 is 0 Å². The lowest BCUT2D eigenvalue weighted by Crippen LogP contribution is -2.21. The summed E-state index contributed by atoms with van der Waals surface area (Å²) in [5.41, 5.74) is 1.39. The Kier molecular flexibility index (Phi) is 9.37. The lowest BCUT2D eigenvalue weighted by Gasteiger charge is -2.15. The van der Waals surface area contributed by atoms with E-state index in [0.717, 1.165) is 32.5 Å². The largest absolute Gasteiger partial charge is 0.382 e. The summed E-state index contributed by atoms with van der Waals surface area (Å²) in [5.74, 6) is 0. The molecule has 1 aromatic heterocycles. The van der Waals surface area contributed by atoms with Gasteiger partial charge in [0.15, 0.2) is 0 Å². The summed E-state index contributed by atoms with van der Waals surface area (Å²) in [5, 5.41) is 3.59. The number of aromatic nitrogens is 1. The molecule has 1 heterocycles. The third-order valence-electron chi connectivity index (χ3n) is 3.36. The van der Waals surface area contributed by atoms with Crippen molar-refractivity contribution in [3.05, 3.63) is 24.0 Å². The first kappa shape index (κ1) is 17.2. The third kappa shape index (κ3) is 6.55. The van der Waals surface area contributed by atoms with Gasteiger partial charge in [-0.1, -0.05) is 13.8 Å². The second-order valence-electron chi connectivity index (χ2n) is 5.06. The molecular formula is C16H30N2O2. The molecule has 0 spiro atoms. The summed E-state index contributed by atoms with van der Waals surface area (Å²) >= 11 is 0. The van der Waals surface area contributed by atoms with E-state index >= 15 is 0 Å². The van der Waals surface area contributed by atoms with Crippen LogP contribution in [-0.2, 0) is 16.0 Å². The van der Waals surface area contributed by atoms with E-state index in [2.05, 4.69) is 42.2 Å². The van der Waals surface area contributed by atoms with Gasteiger partial charge in [0.1, 0.15) is 0 Å². The second kappa shape index (κ2) is 10.9. The molecule has 0 amide bonds. The maximum absolute atomic E-state index is 5.47. The van der Waals surface area contributed by atoms with Gasteiger partial charge < -0.3 is 19.4 Å². The van der Waals surface area contributed by atoms with Gasteiger partial charge >= 0.3 is 0 Å². The summed E-state index contributed by atoms with van der Waals surface area (Å²) in [6.45, 7) is 8.68. The topological polar surface area (TPSA) is 35.4 Å². The van der Waals surface area contributed by atoms with E-state index in [-0.39, 0.29) is 0 Å². The summed E-state index contributed by atoms with van der Waals surface area (Å²) < 4.78 is 12.7. The minimum Gasteiger partial charge on any atom is -0.382 e. The smallest absolute Gasteiger partial charge is 0.0700 e. The molecule has 4 heteroatoms.